The average molecular weight is 255 g/mol. The van der Waals surface area contributed by atoms with Crippen molar-refractivity contribution in [2.75, 3.05) is 11.9 Å². The Kier molecular flexibility index (Phi) is 3.78. The van der Waals surface area contributed by atoms with Crippen molar-refractivity contribution in [2.24, 2.45) is 0 Å². The lowest BCUT2D eigenvalue weighted by Gasteiger charge is -2.08. The van der Waals surface area contributed by atoms with E-state index >= 15 is 0 Å². The van der Waals surface area contributed by atoms with Crippen molar-refractivity contribution in [2.45, 2.75) is 32.2 Å². The molecule has 1 aliphatic carbocycles. The molecule has 1 heterocycles. The molecule has 0 saturated heterocycles. The fraction of sp³-hybridized carbons (Fsp3) is 0.545. The van der Waals surface area contributed by atoms with Gasteiger partial charge < -0.3 is 10.6 Å². The SMILES string of the molecule is Cc1cnc(Cl)nc1NCCC(=O)NC1CC1. The molecular formula is C11H15ClN4O. The fourth-order valence-corrected chi connectivity index (χ4v) is 1.55. The van der Waals surface area contributed by atoms with E-state index in [9.17, 15) is 4.79 Å². The van der Waals surface area contributed by atoms with Gasteiger partial charge in [0.15, 0.2) is 0 Å². The van der Waals surface area contributed by atoms with Crippen LogP contribution in [0.4, 0.5) is 5.82 Å². The molecule has 2 rings (SSSR count). The van der Waals surface area contributed by atoms with Crippen LogP contribution in [0.25, 0.3) is 0 Å². The summed E-state index contributed by atoms with van der Waals surface area (Å²) in [6.45, 7) is 2.44. The quantitative estimate of drug-likeness (QED) is 0.782. The zero-order valence-corrected chi connectivity index (χ0v) is 10.4. The first-order valence-corrected chi connectivity index (χ1v) is 6.05. The molecule has 92 valence electrons. The molecule has 1 aromatic heterocycles. The van der Waals surface area contributed by atoms with Crippen molar-refractivity contribution in [3.63, 3.8) is 0 Å². The first kappa shape index (κ1) is 12.1. The van der Waals surface area contributed by atoms with Gasteiger partial charge in [-0.1, -0.05) is 0 Å². The summed E-state index contributed by atoms with van der Waals surface area (Å²) in [5, 5.41) is 6.22. The standard InChI is InChI=1S/C11H15ClN4O/c1-7-6-14-11(12)16-10(7)13-5-4-9(17)15-8-2-3-8/h6,8H,2-5H2,1H3,(H,15,17)(H,13,14,16). The molecule has 0 spiro atoms. The predicted octanol–water partition coefficient (Wildman–Crippen LogP) is 1.52. The summed E-state index contributed by atoms with van der Waals surface area (Å²) in [6.07, 6.45) is 4.32. The molecule has 17 heavy (non-hydrogen) atoms. The summed E-state index contributed by atoms with van der Waals surface area (Å²) in [5.74, 6) is 0.766. The molecule has 0 radical (unpaired) electrons. The predicted molar refractivity (Wildman–Crippen MR) is 66.1 cm³/mol. The van der Waals surface area contributed by atoms with E-state index in [0.29, 0.717) is 24.8 Å². The zero-order valence-electron chi connectivity index (χ0n) is 9.66. The van der Waals surface area contributed by atoms with E-state index in [1.807, 2.05) is 6.92 Å². The molecule has 1 amide bonds. The van der Waals surface area contributed by atoms with Crippen LogP contribution in [0.3, 0.4) is 0 Å². The number of anilines is 1. The molecule has 1 fully saturated rings. The van der Waals surface area contributed by atoms with E-state index in [1.165, 1.54) is 0 Å². The topological polar surface area (TPSA) is 66.9 Å². The number of nitrogens with one attached hydrogen (secondary N) is 2. The number of aryl methyl sites for hydroxylation is 1. The maximum Gasteiger partial charge on any atom is 0.224 e. The lowest BCUT2D eigenvalue weighted by atomic mass is 10.3. The van der Waals surface area contributed by atoms with Gasteiger partial charge in [0.2, 0.25) is 11.2 Å². The molecular weight excluding hydrogens is 240 g/mol. The lowest BCUT2D eigenvalue weighted by Crippen LogP contribution is -2.27. The zero-order chi connectivity index (χ0) is 12.3. The lowest BCUT2D eigenvalue weighted by molar-refractivity contribution is -0.120. The van der Waals surface area contributed by atoms with E-state index in [-0.39, 0.29) is 11.2 Å². The van der Waals surface area contributed by atoms with Gasteiger partial charge in [0, 0.05) is 30.8 Å². The largest absolute Gasteiger partial charge is 0.369 e. The second kappa shape index (κ2) is 5.31. The van der Waals surface area contributed by atoms with E-state index in [0.717, 1.165) is 18.4 Å². The van der Waals surface area contributed by atoms with Gasteiger partial charge in [-0.15, -0.1) is 0 Å². The van der Waals surface area contributed by atoms with Crippen LogP contribution < -0.4 is 10.6 Å². The number of carbonyl (C=O) groups excluding carboxylic acids is 1. The van der Waals surface area contributed by atoms with Gasteiger partial charge in [0.1, 0.15) is 5.82 Å². The molecule has 0 atom stereocenters. The first-order chi connectivity index (χ1) is 8.15. The Morgan fingerprint density at radius 1 is 1.59 bits per heavy atom. The third-order valence-electron chi connectivity index (χ3n) is 2.53. The Morgan fingerprint density at radius 2 is 2.35 bits per heavy atom. The second-order valence-corrected chi connectivity index (χ2v) is 4.53. The van der Waals surface area contributed by atoms with E-state index in [4.69, 9.17) is 11.6 Å². The van der Waals surface area contributed by atoms with E-state index in [1.54, 1.807) is 6.20 Å². The van der Waals surface area contributed by atoms with Gasteiger partial charge >= 0.3 is 0 Å². The van der Waals surface area contributed by atoms with Gasteiger partial charge in [-0.25, -0.2) is 9.97 Å². The third-order valence-corrected chi connectivity index (χ3v) is 2.71. The average Bonchev–Trinajstić information content (AvgIpc) is 3.07. The number of amides is 1. The molecule has 1 aromatic rings. The molecule has 0 unspecified atom stereocenters. The number of hydrogen-bond donors (Lipinski definition) is 2. The number of nitrogens with zero attached hydrogens (tertiary/aromatic N) is 2. The van der Waals surface area contributed by atoms with Crippen LogP contribution in [0, 0.1) is 6.92 Å². The highest BCUT2D eigenvalue weighted by Gasteiger charge is 2.22. The summed E-state index contributed by atoms with van der Waals surface area (Å²) in [5.41, 5.74) is 0.914. The van der Waals surface area contributed by atoms with Crippen LogP contribution in [0.1, 0.15) is 24.8 Å². The molecule has 2 N–H and O–H groups in total. The highest BCUT2D eigenvalue weighted by Crippen LogP contribution is 2.18. The van der Waals surface area contributed by atoms with Crippen molar-refractivity contribution in [1.82, 2.24) is 15.3 Å². The van der Waals surface area contributed by atoms with Gasteiger partial charge in [0.05, 0.1) is 0 Å². The number of aromatic nitrogens is 2. The Labute approximate surface area is 105 Å². The second-order valence-electron chi connectivity index (χ2n) is 4.19. The maximum absolute atomic E-state index is 11.4. The van der Waals surface area contributed by atoms with Crippen molar-refractivity contribution < 1.29 is 4.79 Å². The van der Waals surface area contributed by atoms with Crippen LogP contribution >= 0.6 is 11.6 Å². The minimum absolute atomic E-state index is 0.0813. The third kappa shape index (κ3) is 3.85. The Bertz CT molecular complexity index is 420. The summed E-state index contributed by atoms with van der Waals surface area (Å²) in [7, 11) is 0. The minimum atomic E-state index is 0.0813. The monoisotopic (exact) mass is 254 g/mol. The van der Waals surface area contributed by atoms with Crippen LogP contribution in [0.2, 0.25) is 5.28 Å². The molecule has 0 aliphatic heterocycles. The van der Waals surface area contributed by atoms with Gasteiger partial charge in [-0.2, -0.15) is 0 Å². The molecule has 5 nitrogen and oxygen atoms in total. The van der Waals surface area contributed by atoms with E-state index < -0.39 is 0 Å². The van der Waals surface area contributed by atoms with Gasteiger partial charge in [0.25, 0.3) is 0 Å². The first-order valence-electron chi connectivity index (χ1n) is 5.67. The maximum atomic E-state index is 11.4. The van der Waals surface area contributed by atoms with Gasteiger partial charge in [-0.3, -0.25) is 4.79 Å². The van der Waals surface area contributed by atoms with Crippen LogP contribution in [0.15, 0.2) is 6.20 Å². The number of hydrogen-bond acceptors (Lipinski definition) is 4. The van der Waals surface area contributed by atoms with Crippen molar-refractivity contribution in [1.29, 1.82) is 0 Å². The normalized spacial score (nSPS) is 14.5. The molecule has 6 heteroatoms. The summed E-state index contributed by atoms with van der Waals surface area (Å²) < 4.78 is 0. The summed E-state index contributed by atoms with van der Waals surface area (Å²) in [4.78, 5) is 19.3. The minimum Gasteiger partial charge on any atom is -0.369 e. The Balaban J connectivity index is 1.76. The number of halogens is 1. The molecule has 1 saturated carbocycles. The fourth-order valence-electron chi connectivity index (χ4n) is 1.42. The van der Waals surface area contributed by atoms with Crippen molar-refractivity contribution in [3.05, 3.63) is 17.0 Å². The highest BCUT2D eigenvalue weighted by atomic mass is 35.5. The Morgan fingerprint density at radius 3 is 3.06 bits per heavy atom. The summed E-state index contributed by atoms with van der Waals surface area (Å²) >= 11 is 5.69. The molecule has 0 bridgehead atoms. The van der Waals surface area contributed by atoms with Crippen LogP contribution in [-0.4, -0.2) is 28.5 Å². The smallest absolute Gasteiger partial charge is 0.224 e. The van der Waals surface area contributed by atoms with Gasteiger partial charge in [-0.05, 0) is 31.4 Å². The molecule has 0 aromatic carbocycles. The highest BCUT2D eigenvalue weighted by molar-refractivity contribution is 6.28. The van der Waals surface area contributed by atoms with Crippen molar-refractivity contribution >= 4 is 23.3 Å². The summed E-state index contributed by atoms with van der Waals surface area (Å²) in [6, 6.07) is 0.415. The van der Waals surface area contributed by atoms with Crippen LogP contribution in [-0.2, 0) is 4.79 Å². The van der Waals surface area contributed by atoms with E-state index in [2.05, 4.69) is 20.6 Å². The number of rotatable bonds is 5. The number of carbonyl (C=O) groups is 1. The van der Waals surface area contributed by atoms with Crippen molar-refractivity contribution in [3.8, 4) is 0 Å². The van der Waals surface area contributed by atoms with Crippen LogP contribution in [0.5, 0.6) is 0 Å². The Hall–Kier alpha value is -1.36. The molecule has 1 aliphatic rings.